The Morgan fingerprint density at radius 2 is 2.18 bits per heavy atom. The molecule has 0 radical (unpaired) electrons. The first-order chi connectivity index (χ1) is 8.16. The molecule has 0 aromatic heterocycles. The number of Topliss-reactive ketones (excluding diaryl/α,β-unsaturated/α-hetero) is 1. The van der Waals surface area contributed by atoms with Crippen molar-refractivity contribution in [3.05, 3.63) is 34.3 Å². The molecule has 1 saturated carbocycles. The van der Waals surface area contributed by atoms with Crippen molar-refractivity contribution in [2.24, 2.45) is 0 Å². The SMILES string of the molecule is O=C1CCC[C@@]12c1cccc(Cl)c1CC[C@H]2F. The maximum atomic E-state index is 14.3. The summed E-state index contributed by atoms with van der Waals surface area (Å²) in [6.07, 6.45) is 1.97. The molecule has 0 saturated heterocycles. The fraction of sp³-hybridized carbons (Fsp3) is 0.500. The minimum absolute atomic E-state index is 0.0632. The van der Waals surface area contributed by atoms with E-state index in [1.54, 1.807) is 0 Å². The second-order valence-electron chi connectivity index (χ2n) is 5.02. The normalized spacial score (nSPS) is 31.9. The number of benzene rings is 1. The predicted octanol–water partition coefficient (Wildman–Crippen LogP) is 3.62. The van der Waals surface area contributed by atoms with Crippen molar-refractivity contribution >= 4 is 17.4 Å². The Hall–Kier alpha value is -0.890. The van der Waals surface area contributed by atoms with Crippen LogP contribution in [0.1, 0.15) is 36.8 Å². The van der Waals surface area contributed by atoms with Gasteiger partial charge in [-0.15, -0.1) is 0 Å². The summed E-state index contributed by atoms with van der Waals surface area (Å²) in [6, 6.07) is 5.54. The first kappa shape index (κ1) is 11.2. The first-order valence-electron chi connectivity index (χ1n) is 6.11. The van der Waals surface area contributed by atoms with Gasteiger partial charge in [-0.05, 0) is 42.9 Å². The minimum Gasteiger partial charge on any atom is -0.299 e. The highest BCUT2D eigenvalue weighted by atomic mass is 35.5. The molecular weight excluding hydrogens is 239 g/mol. The lowest BCUT2D eigenvalue weighted by Crippen LogP contribution is -2.44. The molecule has 2 atom stereocenters. The van der Waals surface area contributed by atoms with Crippen molar-refractivity contribution in [2.45, 2.75) is 43.7 Å². The number of rotatable bonds is 0. The standard InChI is InChI=1S/C14H14ClFO/c15-11-4-1-3-10-9(11)6-7-12(16)14(10)8-2-5-13(14)17/h1,3-4,12H,2,5-8H2/t12-,14+/m1/s1. The number of carbonyl (C=O) groups is 1. The largest absolute Gasteiger partial charge is 0.299 e. The monoisotopic (exact) mass is 252 g/mol. The second-order valence-corrected chi connectivity index (χ2v) is 5.43. The van der Waals surface area contributed by atoms with E-state index >= 15 is 0 Å². The van der Waals surface area contributed by atoms with Gasteiger partial charge in [0.15, 0.2) is 0 Å². The summed E-state index contributed by atoms with van der Waals surface area (Å²) in [4.78, 5) is 12.2. The zero-order valence-corrected chi connectivity index (χ0v) is 10.3. The molecule has 3 rings (SSSR count). The van der Waals surface area contributed by atoms with Gasteiger partial charge in [0.25, 0.3) is 0 Å². The second kappa shape index (κ2) is 3.81. The van der Waals surface area contributed by atoms with E-state index in [1.807, 2.05) is 18.2 Å². The number of fused-ring (bicyclic) bond motifs is 2. The summed E-state index contributed by atoms with van der Waals surface area (Å²) in [7, 11) is 0. The summed E-state index contributed by atoms with van der Waals surface area (Å²) < 4.78 is 14.3. The minimum atomic E-state index is -1.04. The van der Waals surface area contributed by atoms with Crippen LogP contribution in [0.15, 0.2) is 18.2 Å². The van der Waals surface area contributed by atoms with Gasteiger partial charge < -0.3 is 0 Å². The molecule has 0 heterocycles. The number of halogens is 2. The third-order valence-electron chi connectivity index (χ3n) is 4.25. The third-order valence-corrected chi connectivity index (χ3v) is 4.61. The molecule has 17 heavy (non-hydrogen) atoms. The van der Waals surface area contributed by atoms with E-state index in [-0.39, 0.29) is 5.78 Å². The summed E-state index contributed by atoms with van der Waals surface area (Å²) in [5, 5.41) is 0.675. The van der Waals surface area contributed by atoms with E-state index in [2.05, 4.69) is 0 Å². The zero-order valence-electron chi connectivity index (χ0n) is 9.51. The molecule has 2 aliphatic rings. The third kappa shape index (κ3) is 1.40. The van der Waals surface area contributed by atoms with Crippen molar-refractivity contribution in [1.82, 2.24) is 0 Å². The van der Waals surface area contributed by atoms with Gasteiger partial charge in [-0.1, -0.05) is 23.7 Å². The Bertz CT molecular complexity index is 485. The molecule has 0 amide bonds. The summed E-state index contributed by atoms with van der Waals surface area (Å²) in [5.74, 6) is 0.0632. The maximum absolute atomic E-state index is 14.3. The Kier molecular flexibility index (Phi) is 2.51. The molecule has 0 bridgehead atoms. The average molecular weight is 253 g/mol. The van der Waals surface area contributed by atoms with Gasteiger partial charge in [-0.3, -0.25) is 4.79 Å². The molecule has 1 fully saturated rings. The lowest BCUT2D eigenvalue weighted by atomic mass is 9.67. The van der Waals surface area contributed by atoms with Crippen LogP contribution in [0.2, 0.25) is 5.02 Å². The van der Waals surface area contributed by atoms with E-state index < -0.39 is 11.6 Å². The van der Waals surface area contributed by atoms with Crippen LogP contribution >= 0.6 is 11.6 Å². The van der Waals surface area contributed by atoms with Crippen LogP contribution < -0.4 is 0 Å². The van der Waals surface area contributed by atoms with Crippen molar-refractivity contribution < 1.29 is 9.18 Å². The van der Waals surface area contributed by atoms with Crippen LogP contribution in [-0.4, -0.2) is 12.0 Å². The zero-order chi connectivity index (χ0) is 12.0. The molecule has 0 N–H and O–H groups in total. The van der Waals surface area contributed by atoms with Crippen molar-refractivity contribution in [1.29, 1.82) is 0 Å². The number of alkyl halides is 1. The highest BCUT2D eigenvalue weighted by Crippen LogP contribution is 2.49. The predicted molar refractivity (Wildman–Crippen MR) is 65.2 cm³/mol. The van der Waals surface area contributed by atoms with Crippen LogP contribution in [0, 0.1) is 0 Å². The number of ketones is 1. The molecule has 1 aromatic carbocycles. The summed E-state index contributed by atoms with van der Waals surface area (Å²) in [6.45, 7) is 0. The molecule has 3 heteroatoms. The Balaban J connectivity index is 2.23. The number of carbonyl (C=O) groups excluding carboxylic acids is 1. The number of hydrogen-bond acceptors (Lipinski definition) is 1. The van der Waals surface area contributed by atoms with Crippen LogP contribution in [0.4, 0.5) is 4.39 Å². The Morgan fingerprint density at radius 1 is 1.35 bits per heavy atom. The molecule has 1 nitrogen and oxygen atoms in total. The van der Waals surface area contributed by atoms with Crippen molar-refractivity contribution in [3.8, 4) is 0 Å². The van der Waals surface area contributed by atoms with Gasteiger partial charge in [0.2, 0.25) is 0 Å². The Labute approximate surface area is 105 Å². The van der Waals surface area contributed by atoms with Gasteiger partial charge >= 0.3 is 0 Å². The van der Waals surface area contributed by atoms with Gasteiger partial charge in [-0.25, -0.2) is 4.39 Å². The molecule has 0 aliphatic heterocycles. The molecule has 1 spiro atoms. The molecule has 1 aromatic rings. The van der Waals surface area contributed by atoms with E-state index in [9.17, 15) is 9.18 Å². The molecule has 2 aliphatic carbocycles. The van der Waals surface area contributed by atoms with Crippen LogP contribution in [0.25, 0.3) is 0 Å². The fourth-order valence-corrected chi connectivity index (χ4v) is 3.69. The smallest absolute Gasteiger partial charge is 0.146 e. The van der Waals surface area contributed by atoms with Gasteiger partial charge in [0, 0.05) is 11.4 Å². The number of hydrogen-bond donors (Lipinski definition) is 0. The quantitative estimate of drug-likeness (QED) is 0.689. The molecular formula is C14H14ClFO. The lowest BCUT2D eigenvalue weighted by molar-refractivity contribution is -0.124. The van der Waals surface area contributed by atoms with Crippen LogP contribution in [-0.2, 0) is 16.6 Å². The van der Waals surface area contributed by atoms with Gasteiger partial charge in [0.1, 0.15) is 12.0 Å². The van der Waals surface area contributed by atoms with E-state index in [4.69, 9.17) is 11.6 Å². The lowest BCUT2D eigenvalue weighted by Gasteiger charge is -2.37. The maximum Gasteiger partial charge on any atom is 0.146 e. The van der Waals surface area contributed by atoms with Crippen molar-refractivity contribution in [3.63, 3.8) is 0 Å². The highest BCUT2D eigenvalue weighted by molar-refractivity contribution is 6.31. The van der Waals surface area contributed by atoms with E-state index in [0.29, 0.717) is 30.7 Å². The molecule has 0 unspecified atom stereocenters. The summed E-state index contributed by atoms with van der Waals surface area (Å²) >= 11 is 6.17. The fourth-order valence-electron chi connectivity index (χ4n) is 3.42. The van der Waals surface area contributed by atoms with Crippen LogP contribution in [0.5, 0.6) is 0 Å². The van der Waals surface area contributed by atoms with E-state index in [1.165, 1.54) is 0 Å². The van der Waals surface area contributed by atoms with Gasteiger partial charge in [0.05, 0.1) is 5.41 Å². The topological polar surface area (TPSA) is 17.1 Å². The highest BCUT2D eigenvalue weighted by Gasteiger charge is 2.52. The molecule has 90 valence electrons. The average Bonchev–Trinajstić information content (AvgIpc) is 2.68. The van der Waals surface area contributed by atoms with Gasteiger partial charge in [-0.2, -0.15) is 0 Å². The van der Waals surface area contributed by atoms with Crippen LogP contribution in [0.3, 0.4) is 0 Å². The van der Waals surface area contributed by atoms with Crippen molar-refractivity contribution in [2.75, 3.05) is 0 Å². The first-order valence-corrected chi connectivity index (χ1v) is 6.49. The summed E-state index contributed by atoms with van der Waals surface area (Å²) in [5.41, 5.74) is 0.961. The Morgan fingerprint density at radius 3 is 2.88 bits per heavy atom. The van der Waals surface area contributed by atoms with E-state index in [0.717, 1.165) is 17.5 Å².